The van der Waals surface area contributed by atoms with Gasteiger partial charge in [-0.25, -0.2) is 0 Å². The van der Waals surface area contributed by atoms with E-state index in [1.807, 2.05) is 24.3 Å². The van der Waals surface area contributed by atoms with Crippen LogP contribution in [0.25, 0.3) is 11.4 Å². The Morgan fingerprint density at radius 1 is 1.25 bits per heavy atom. The third-order valence-electron chi connectivity index (χ3n) is 4.03. The Morgan fingerprint density at radius 2 is 2.04 bits per heavy atom. The normalized spacial score (nSPS) is 11.7. The van der Waals surface area contributed by atoms with Crippen LogP contribution < -0.4 is 9.47 Å². The third kappa shape index (κ3) is 4.61. The Labute approximate surface area is 167 Å². The van der Waals surface area contributed by atoms with Crippen LogP contribution >= 0.6 is 11.6 Å². The number of hydrogen-bond donors (Lipinski definition) is 0. The van der Waals surface area contributed by atoms with Crippen LogP contribution in [-0.4, -0.2) is 41.2 Å². The molecule has 0 N–H and O–H groups in total. The first kappa shape index (κ1) is 19.7. The average molecular weight is 402 g/mol. The number of amides is 1. The van der Waals surface area contributed by atoms with Crippen molar-refractivity contribution < 1.29 is 18.8 Å². The lowest BCUT2D eigenvalue weighted by molar-refractivity contribution is -0.137. The summed E-state index contributed by atoms with van der Waals surface area (Å²) in [5, 5.41) is 4.42. The molecule has 0 bridgehead atoms. The van der Waals surface area contributed by atoms with E-state index in [9.17, 15) is 4.79 Å². The number of aromatic nitrogens is 2. The van der Waals surface area contributed by atoms with Gasteiger partial charge in [-0.15, -0.1) is 0 Å². The number of carbonyl (C=O) groups is 1. The highest BCUT2D eigenvalue weighted by Gasteiger charge is 2.22. The van der Waals surface area contributed by atoms with Crippen molar-refractivity contribution in [3.05, 3.63) is 59.4 Å². The van der Waals surface area contributed by atoms with Crippen LogP contribution in [0.2, 0.25) is 5.02 Å². The summed E-state index contributed by atoms with van der Waals surface area (Å²) in [6, 6.07) is 14.3. The predicted octanol–water partition coefficient (Wildman–Crippen LogP) is 3.82. The van der Waals surface area contributed by atoms with Gasteiger partial charge in [-0.05, 0) is 31.2 Å². The molecule has 1 heterocycles. The number of carbonyl (C=O) groups excluding carboxylic acids is 1. The van der Waals surface area contributed by atoms with Gasteiger partial charge in [0.05, 0.1) is 18.7 Å². The lowest BCUT2D eigenvalue weighted by atomic mass is 10.2. The van der Waals surface area contributed by atoms with Crippen molar-refractivity contribution in [1.82, 2.24) is 15.0 Å². The predicted molar refractivity (Wildman–Crippen MR) is 104 cm³/mol. The molecule has 0 aliphatic heterocycles. The molecule has 3 rings (SSSR count). The number of nitrogens with zero attached hydrogens (tertiary/aromatic N) is 3. The third-order valence-corrected chi connectivity index (χ3v) is 4.35. The quantitative estimate of drug-likeness (QED) is 0.598. The van der Waals surface area contributed by atoms with Gasteiger partial charge in [-0.3, -0.25) is 4.79 Å². The van der Waals surface area contributed by atoms with Crippen molar-refractivity contribution in [1.29, 1.82) is 0 Å². The van der Waals surface area contributed by atoms with Gasteiger partial charge in [0.2, 0.25) is 11.7 Å². The maximum absolute atomic E-state index is 12.6. The summed E-state index contributed by atoms with van der Waals surface area (Å²) in [5.41, 5.74) is 0.763. The van der Waals surface area contributed by atoms with Crippen molar-refractivity contribution in [2.75, 3.05) is 14.2 Å². The summed E-state index contributed by atoms with van der Waals surface area (Å²) < 4.78 is 16.1. The Balaban J connectivity index is 1.64. The van der Waals surface area contributed by atoms with E-state index < -0.39 is 6.10 Å². The molecular formula is C20H20ClN3O4. The summed E-state index contributed by atoms with van der Waals surface area (Å²) >= 11 is 6.07. The van der Waals surface area contributed by atoms with E-state index in [1.165, 1.54) is 4.90 Å². The summed E-state index contributed by atoms with van der Waals surface area (Å²) in [6.45, 7) is 1.82. The van der Waals surface area contributed by atoms with E-state index in [4.69, 9.17) is 25.6 Å². The fourth-order valence-corrected chi connectivity index (χ4v) is 2.75. The molecule has 146 valence electrons. The summed E-state index contributed by atoms with van der Waals surface area (Å²) in [6.07, 6.45) is -0.717. The number of benzene rings is 2. The molecule has 0 aliphatic carbocycles. The van der Waals surface area contributed by atoms with E-state index >= 15 is 0 Å². The minimum absolute atomic E-state index is 0.159. The molecule has 7 nitrogen and oxygen atoms in total. The largest absolute Gasteiger partial charge is 0.497 e. The van der Waals surface area contributed by atoms with Crippen molar-refractivity contribution in [3.63, 3.8) is 0 Å². The molecule has 1 atom stereocenters. The summed E-state index contributed by atoms with van der Waals surface area (Å²) in [7, 11) is 3.23. The van der Waals surface area contributed by atoms with Crippen LogP contribution in [0.15, 0.2) is 53.1 Å². The maximum Gasteiger partial charge on any atom is 0.263 e. The zero-order valence-corrected chi connectivity index (χ0v) is 16.5. The van der Waals surface area contributed by atoms with E-state index in [0.29, 0.717) is 28.2 Å². The van der Waals surface area contributed by atoms with Crippen LogP contribution in [0.1, 0.15) is 12.8 Å². The topological polar surface area (TPSA) is 77.7 Å². The standard InChI is InChI=1S/C20H20ClN3O4/c1-13(27-17-10-5-4-9-16(17)21)20(25)24(2)12-18-22-19(23-28-18)14-7-6-8-15(11-14)26-3/h4-11,13H,12H2,1-3H3/t13-/m0/s1. The highest BCUT2D eigenvalue weighted by atomic mass is 35.5. The van der Waals surface area contributed by atoms with Crippen molar-refractivity contribution in [3.8, 4) is 22.9 Å². The van der Waals surface area contributed by atoms with Gasteiger partial charge in [0.25, 0.3) is 5.91 Å². The second kappa shape index (κ2) is 8.75. The van der Waals surface area contributed by atoms with Crippen LogP contribution in [0, 0.1) is 0 Å². The van der Waals surface area contributed by atoms with E-state index in [1.54, 1.807) is 45.3 Å². The summed E-state index contributed by atoms with van der Waals surface area (Å²) in [5.74, 6) is 1.66. The Kier molecular flexibility index (Phi) is 6.16. The number of rotatable bonds is 7. The van der Waals surface area contributed by atoms with Gasteiger partial charge >= 0.3 is 0 Å². The molecule has 3 aromatic rings. The average Bonchev–Trinajstić information content (AvgIpc) is 3.17. The number of likely N-dealkylation sites (N-methyl/N-ethyl adjacent to an activating group) is 1. The molecule has 1 amide bonds. The smallest absolute Gasteiger partial charge is 0.263 e. The number of halogens is 1. The van der Waals surface area contributed by atoms with E-state index in [2.05, 4.69) is 10.1 Å². The molecule has 2 aromatic carbocycles. The first-order chi connectivity index (χ1) is 13.5. The van der Waals surface area contributed by atoms with Crippen LogP contribution in [0.4, 0.5) is 0 Å². The molecule has 1 aromatic heterocycles. The van der Waals surface area contributed by atoms with E-state index in [-0.39, 0.29) is 12.5 Å². The highest BCUT2D eigenvalue weighted by molar-refractivity contribution is 6.32. The Hall–Kier alpha value is -3.06. The van der Waals surface area contributed by atoms with E-state index in [0.717, 1.165) is 5.56 Å². The number of methoxy groups -OCH3 is 1. The molecule has 0 spiro atoms. The Bertz CT molecular complexity index is 960. The molecule has 28 heavy (non-hydrogen) atoms. The highest BCUT2D eigenvalue weighted by Crippen LogP contribution is 2.25. The van der Waals surface area contributed by atoms with Crippen molar-refractivity contribution >= 4 is 17.5 Å². The van der Waals surface area contributed by atoms with Gasteiger partial charge in [0.1, 0.15) is 11.5 Å². The van der Waals surface area contributed by atoms with Crippen LogP contribution in [0.5, 0.6) is 11.5 Å². The lowest BCUT2D eigenvalue weighted by Gasteiger charge is -2.21. The first-order valence-electron chi connectivity index (χ1n) is 8.61. The molecule has 0 aliphatic rings. The summed E-state index contributed by atoms with van der Waals surface area (Å²) in [4.78, 5) is 18.4. The number of para-hydroxylation sites is 1. The second-order valence-corrected chi connectivity index (χ2v) is 6.54. The zero-order valence-electron chi connectivity index (χ0n) is 15.8. The fourth-order valence-electron chi connectivity index (χ4n) is 2.57. The van der Waals surface area contributed by atoms with Gasteiger partial charge in [-0.1, -0.05) is 41.0 Å². The van der Waals surface area contributed by atoms with Gasteiger partial charge in [0.15, 0.2) is 6.10 Å². The molecule has 0 unspecified atom stereocenters. The minimum Gasteiger partial charge on any atom is -0.497 e. The molecule has 0 radical (unpaired) electrons. The number of ether oxygens (including phenoxy) is 2. The van der Waals surface area contributed by atoms with Crippen molar-refractivity contribution in [2.24, 2.45) is 0 Å². The molecular weight excluding hydrogens is 382 g/mol. The van der Waals surface area contributed by atoms with Crippen LogP contribution in [0.3, 0.4) is 0 Å². The fraction of sp³-hybridized carbons (Fsp3) is 0.250. The van der Waals surface area contributed by atoms with Crippen LogP contribution in [-0.2, 0) is 11.3 Å². The first-order valence-corrected chi connectivity index (χ1v) is 8.99. The lowest BCUT2D eigenvalue weighted by Crippen LogP contribution is -2.37. The van der Waals surface area contributed by atoms with Crippen molar-refractivity contribution in [2.45, 2.75) is 19.6 Å². The molecule has 0 saturated heterocycles. The second-order valence-electron chi connectivity index (χ2n) is 6.13. The zero-order chi connectivity index (χ0) is 20.1. The van der Waals surface area contributed by atoms with Gasteiger partial charge in [0, 0.05) is 12.6 Å². The number of hydrogen-bond acceptors (Lipinski definition) is 6. The molecule has 0 fully saturated rings. The molecule has 8 heteroatoms. The molecule has 0 saturated carbocycles. The SMILES string of the molecule is COc1cccc(-c2noc(CN(C)C(=O)[C@H](C)Oc3ccccc3Cl)n2)c1. The van der Waals surface area contributed by atoms with Gasteiger partial charge < -0.3 is 18.9 Å². The maximum atomic E-state index is 12.6. The Morgan fingerprint density at radius 3 is 2.79 bits per heavy atom. The van der Waals surface area contributed by atoms with Gasteiger partial charge in [-0.2, -0.15) is 4.98 Å². The minimum atomic E-state index is -0.717. The monoisotopic (exact) mass is 401 g/mol.